The largest absolute Gasteiger partial charge is 0.356 e. The van der Waals surface area contributed by atoms with Crippen molar-refractivity contribution >= 4 is 5.91 Å². The van der Waals surface area contributed by atoms with Gasteiger partial charge in [0.2, 0.25) is 5.91 Å². The number of amides is 1. The molecule has 1 amide bonds. The Morgan fingerprint density at radius 1 is 1.38 bits per heavy atom. The Labute approximate surface area is 80.1 Å². The van der Waals surface area contributed by atoms with Gasteiger partial charge in [0, 0.05) is 12.5 Å². The SMILES string of the molecule is CC(C)CNC(=O)C1C2CCCC21. The summed E-state index contributed by atoms with van der Waals surface area (Å²) in [5.74, 6) is 2.80. The fraction of sp³-hybridized carbons (Fsp3) is 0.909. The molecule has 0 heterocycles. The highest BCUT2D eigenvalue weighted by Gasteiger charge is 2.56. The van der Waals surface area contributed by atoms with E-state index in [0.29, 0.717) is 17.7 Å². The normalized spacial score (nSPS) is 36.1. The molecule has 2 aliphatic rings. The van der Waals surface area contributed by atoms with E-state index in [1.54, 1.807) is 0 Å². The maximum Gasteiger partial charge on any atom is 0.223 e. The van der Waals surface area contributed by atoms with Crippen molar-refractivity contribution in [3.63, 3.8) is 0 Å². The van der Waals surface area contributed by atoms with Gasteiger partial charge in [-0.25, -0.2) is 0 Å². The number of hydrogen-bond acceptors (Lipinski definition) is 1. The van der Waals surface area contributed by atoms with Gasteiger partial charge in [-0.1, -0.05) is 20.3 Å². The first-order chi connectivity index (χ1) is 6.20. The van der Waals surface area contributed by atoms with Gasteiger partial charge < -0.3 is 5.32 Å². The Morgan fingerprint density at radius 3 is 2.54 bits per heavy atom. The average Bonchev–Trinajstić information content (AvgIpc) is 2.56. The van der Waals surface area contributed by atoms with Gasteiger partial charge in [0.05, 0.1) is 0 Å². The molecule has 0 aromatic rings. The van der Waals surface area contributed by atoms with Gasteiger partial charge in [-0.3, -0.25) is 4.79 Å². The van der Waals surface area contributed by atoms with Crippen LogP contribution in [0, 0.1) is 23.7 Å². The fourth-order valence-corrected chi connectivity index (χ4v) is 2.63. The molecule has 0 spiro atoms. The molecule has 0 bridgehead atoms. The molecule has 2 fully saturated rings. The molecular formula is C11H19NO. The third kappa shape index (κ3) is 1.72. The number of hydrogen-bond donors (Lipinski definition) is 1. The van der Waals surface area contributed by atoms with E-state index in [1.807, 2.05) is 0 Å². The second-order valence-electron chi connectivity index (χ2n) is 4.92. The zero-order valence-electron chi connectivity index (χ0n) is 8.55. The molecule has 13 heavy (non-hydrogen) atoms. The Balaban J connectivity index is 1.74. The Morgan fingerprint density at radius 2 is 2.00 bits per heavy atom. The van der Waals surface area contributed by atoms with E-state index in [9.17, 15) is 4.79 Å². The van der Waals surface area contributed by atoms with E-state index < -0.39 is 0 Å². The Bertz CT molecular complexity index is 202. The summed E-state index contributed by atoms with van der Waals surface area (Å²) in [6.07, 6.45) is 3.94. The van der Waals surface area contributed by atoms with Crippen molar-refractivity contribution in [3.05, 3.63) is 0 Å². The first kappa shape index (κ1) is 9.04. The number of rotatable bonds is 3. The molecule has 74 valence electrons. The number of carbonyl (C=O) groups excluding carboxylic acids is 1. The van der Waals surface area contributed by atoms with Gasteiger partial charge in [-0.15, -0.1) is 0 Å². The van der Waals surface area contributed by atoms with Crippen molar-refractivity contribution in [1.82, 2.24) is 5.32 Å². The molecule has 0 aromatic carbocycles. The van der Waals surface area contributed by atoms with Gasteiger partial charge in [0.25, 0.3) is 0 Å². The predicted octanol–water partition coefficient (Wildman–Crippen LogP) is 1.80. The van der Waals surface area contributed by atoms with Crippen LogP contribution in [0.25, 0.3) is 0 Å². The Hall–Kier alpha value is -0.530. The number of nitrogens with one attached hydrogen (secondary N) is 1. The van der Waals surface area contributed by atoms with E-state index in [0.717, 1.165) is 18.4 Å². The molecule has 1 N–H and O–H groups in total. The van der Waals surface area contributed by atoms with Crippen LogP contribution in [0.3, 0.4) is 0 Å². The second kappa shape index (κ2) is 3.32. The highest BCUT2D eigenvalue weighted by atomic mass is 16.2. The minimum absolute atomic E-state index is 0.323. The van der Waals surface area contributed by atoms with Crippen LogP contribution in [-0.2, 0) is 4.79 Å². The summed E-state index contributed by atoms with van der Waals surface area (Å²) < 4.78 is 0. The van der Waals surface area contributed by atoms with Gasteiger partial charge in [0.1, 0.15) is 0 Å². The molecule has 0 saturated heterocycles. The van der Waals surface area contributed by atoms with Crippen LogP contribution in [0.5, 0.6) is 0 Å². The molecule has 0 aliphatic heterocycles. The van der Waals surface area contributed by atoms with Crippen LogP contribution in [0.2, 0.25) is 0 Å². The van der Waals surface area contributed by atoms with Crippen LogP contribution >= 0.6 is 0 Å². The second-order valence-corrected chi connectivity index (χ2v) is 4.92. The summed E-state index contributed by atoms with van der Waals surface area (Å²) in [6.45, 7) is 5.11. The van der Waals surface area contributed by atoms with Crippen molar-refractivity contribution in [2.24, 2.45) is 23.7 Å². The first-order valence-electron chi connectivity index (χ1n) is 5.48. The molecule has 2 aliphatic carbocycles. The van der Waals surface area contributed by atoms with Gasteiger partial charge in [-0.05, 0) is 30.6 Å². The first-order valence-corrected chi connectivity index (χ1v) is 5.48. The molecule has 2 rings (SSSR count). The standard InChI is InChI=1S/C11H19NO/c1-7(2)6-12-11(13)10-8-4-3-5-9(8)10/h7-10H,3-6H2,1-2H3,(H,12,13). The maximum atomic E-state index is 11.6. The quantitative estimate of drug-likeness (QED) is 0.706. The topological polar surface area (TPSA) is 29.1 Å². The van der Waals surface area contributed by atoms with Gasteiger partial charge >= 0.3 is 0 Å². The zero-order valence-corrected chi connectivity index (χ0v) is 8.55. The lowest BCUT2D eigenvalue weighted by Crippen LogP contribution is -2.29. The van der Waals surface area contributed by atoms with Crippen LogP contribution in [0.4, 0.5) is 0 Å². The third-order valence-corrected chi connectivity index (χ3v) is 3.39. The molecule has 2 saturated carbocycles. The molecule has 0 radical (unpaired) electrons. The fourth-order valence-electron chi connectivity index (χ4n) is 2.63. The zero-order chi connectivity index (χ0) is 9.42. The minimum atomic E-state index is 0.323. The summed E-state index contributed by atoms with van der Waals surface area (Å²) >= 11 is 0. The molecular weight excluding hydrogens is 162 g/mol. The third-order valence-electron chi connectivity index (χ3n) is 3.39. The van der Waals surface area contributed by atoms with Crippen molar-refractivity contribution in [1.29, 1.82) is 0 Å². The van der Waals surface area contributed by atoms with E-state index >= 15 is 0 Å². The highest BCUT2D eigenvalue weighted by molar-refractivity contribution is 5.82. The van der Waals surface area contributed by atoms with Crippen LogP contribution < -0.4 is 5.32 Å². The molecule has 2 atom stereocenters. The molecule has 0 aromatic heterocycles. The van der Waals surface area contributed by atoms with Crippen LogP contribution in [0.1, 0.15) is 33.1 Å². The molecule has 2 nitrogen and oxygen atoms in total. The number of carbonyl (C=O) groups is 1. The van der Waals surface area contributed by atoms with Crippen molar-refractivity contribution in [3.8, 4) is 0 Å². The Kier molecular flexibility index (Phi) is 2.31. The van der Waals surface area contributed by atoms with Crippen LogP contribution in [-0.4, -0.2) is 12.5 Å². The smallest absolute Gasteiger partial charge is 0.223 e. The predicted molar refractivity (Wildman–Crippen MR) is 52.2 cm³/mol. The summed E-state index contributed by atoms with van der Waals surface area (Å²) in [4.78, 5) is 11.6. The summed E-state index contributed by atoms with van der Waals surface area (Å²) in [5.41, 5.74) is 0. The lowest BCUT2D eigenvalue weighted by molar-refractivity contribution is -0.123. The lowest BCUT2D eigenvalue weighted by Gasteiger charge is -2.08. The summed E-state index contributed by atoms with van der Waals surface area (Å²) in [7, 11) is 0. The minimum Gasteiger partial charge on any atom is -0.356 e. The van der Waals surface area contributed by atoms with E-state index in [-0.39, 0.29) is 0 Å². The van der Waals surface area contributed by atoms with Crippen molar-refractivity contribution in [2.75, 3.05) is 6.54 Å². The molecule has 2 unspecified atom stereocenters. The van der Waals surface area contributed by atoms with E-state index in [4.69, 9.17) is 0 Å². The monoisotopic (exact) mass is 181 g/mol. The van der Waals surface area contributed by atoms with E-state index in [2.05, 4.69) is 19.2 Å². The van der Waals surface area contributed by atoms with Crippen molar-refractivity contribution < 1.29 is 4.79 Å². The van der Waals surface area contributed by atoms with Gasteiger partial charge in [0.15, 0.2) is 0 Å². The highest BCUT2D eigenvalue weighted by Crippen LogP contribution is 2.57. The maximum absolute atomic E-state index is 11.6. The summed E-state index contributed by atoms with van der Waals surface area (Å²) in [6, 6.07) is 0. The summed E-state index contributed by atoms with van der Waals surface area (Å²) in [5, 5.41) is 3.03. The lowest BCUT2D eigenvalue weighted by atomic mass is 10.1. The number of fused-ring (bicyclic) bond motifs is 1. The van der Waals surface area contributed by atoms with Crippen LogP contribution in [0.15, 0.2) is 0 Å². The average molecular weight is 181 g/mol. The van der Waals surface area contributed by atoms with Crippen molar-refractivity contribution in [2.45, 2.75) is 33.1 Å². The van der Waals surface area contributed by atoms with Gasteiger partial charge in [-0.2, -0.15) is 0 Å². The van der Waals surface area contributed by atoms with E-state index in [1.165, 1.54) is 19.3 Å². The molecule has 2 heteroatoms.